The van der Waals surface area contributed by atoms with Crippen LogP contribution in [0.2, 0.25) is 0 Å². The Balaban J connectivity index is 3.52. The summed E-state index contributed by atoms with van der Waals surface area (Å²) in [6.45, 7) is 18.5. The summed E-state index contributed by atoms with van der Waals surface area (Å²) in [4.78, 5) is 0. The number of phenolic OH excluding ortho intramolecular Hbond substituents is 1. The Morgan fingerprint density at radius 1 is 1.00 bits per heavy atom. The second kappa shape index (κ2) is 4.92. The first-order valence-corrected chi connectivity index (χ1v) is 6.73. The Hall–Kier alpha value is -1.44. The minimum absolute atomic E-state index is 0.100. The Morgan fingerprint density at radius 2 is 1.37 bits per heavy atom. The van der Waals surface area contributed by atoms with Crippen molar-refractivity contribution < 1.29 is 5.11 Å². The van der Waals surface area contributed by atoms with E-state index in [4.69, 9.17) is 0 Å². The van der Waals surface area contributed by atoms with Crippen LogP contribution >= 0.6 is 0 Å². The summed E-state index contributed by atoms with van der Waals surface area (Å²) in [5.41, 5.74) is 3.60. The highest BCUT2D eigenvalue weighted by Crippen LogP contribution is 2.41. The van der Waals surface area contributed by atoms with E-state index in [1.807, 2.05) is 19.1 Å². The number of anilines is 1. The molecule has 0 aliphatic carbocycles. The fourth-order valence-corrected chi connectivity index (χ4v) is 2.10. The van der Waals surface area contributed by atoms with Crippen molar-refractivity contribution in [2.45, 2.75) is 59.3 Å². The highest BCUT2D eigenvalue weighted by atomic mass is 16.3. The monoisotopic (exact) mass is 261 g/mol. The fraction of sp³-hybridized carbons (Fsp3) is 0.529. The molecule has 19 heavy (non-hydrogen) atoms. The topological polar surface area (TPSA) is 32.3 Å². The van der Waals surface area contributed by atoms with Crippen LogP contribution < -0.4 is 5.32 Å². The summed E-state index contributed by atoms with van der Waals surface area (Å²) in [7, 11) is 0. The Morgan fingerprint density at radius 3 is 1.63 bits per heavy atom. The van der Waals surface area contributed by atoms with Crippen LogP contribution in [0.5, 0.6) is 5.75 Å². The Labute approximate surface area is 117 Å². The largest absolute Gasteiger partial charge is 0.507 e. The second-order valence-electron chi connectivity index (χ2n) is 7.33. The van der Waals surface area contributed by atoms with Crippen LogP contribution in [0.15, 0.2) is 24.4 Å². The van der Waals surface area contributed by atoms with Gasteiger partial charge in [-0.15, -0.1) is 0 Å². The van der Waals surface area contributed by atoms with Crippen molar-refractivity contribution >= 4 is 5.69 Å². The molecule has 0 aliphatic heterocycles. The number of benzene rings is 1. The summed E-state index contributed by atoms with van der Waals surface area (Å²) >= 11 is 0. The molecule has 1 rings (SSSR count). The summed E-state index contributed by atoms with van der Waals surface area (Å²) in [5.74, 6) is 0.410. The molecule has 1 aromatic carbocycles. The average molecular weight is 261 g/mol. The fourth-order valence-electron chi connectivity index (χ4n) is 2.10. The molecule has 106 valence electrons. The molecule has 2 N–H and O–H groups in total. The normalized spacial score (nSPS) is 12.4. The lowest BCUT2D eigenvalue weighted by Gasteiger charge is -2.28. The number of nitrogens with one attached hydrogen (secondary N) is 1. The SMILES string of the molecule is C=C(C)Nc1cc(C(C)(C)C)c(O)c(C(C)(C)C)c1. The summed E-state index contributed by atoms with van der Waals surface area (Å²) in [6.07, 6.45) is 0. The minimum atomic E-state index is -0.100. The van der Waals surface area contributed by atoms with Crippen LogP contribution in [0.25, 0.3) is 0 Å². The highest BCUT2D eigenvalue weighted by molar-refractivity contribution is 5.60. The molecule has 0 spiro atoms. The first kappa shape index (κ1) is 15.6. The first-order chi connectivity index (χ1) is 8.43. The molecule has 0 fully saturated rings. The number of hydrogen-bond acceptors (Lipinski definition) is 2. The summed E-state index contributed by atoms with van der Waals surface area (Å²) in [6, 6.07) is 4.03. The number of allylic oxidation sites excluding steroid dienone is 1. The molecule has 0 aliphatic rings. The highest BCUT2D eigenvalue weighted by Gasteiger charge is 2.26. The van der Waals surface area contributed by atoms with Gasteiger partial charge in [0.05, 0.1) is 0 Å². The minimum Gasteiger partial charge on any atom is -0.507 e. The van der Waals surface area contributed by atoms with Crippen LogP contribution in [0.1, 0.15) is 59.6 Å². The molecule has 0 bridgehead atoms. The van der Waals surface area contributed by atoms with Gasteiger partial charge in [-0.2, -0.15) is 0 Å². The van der Waals surface area contributed by atoms with E-state index in [0.717, 1.165) is 22.5 Å². The van der Waals surface area contributed by atoms with Crippen LogP contribution in [0.4, 0.5) is 5.69 Å². The lowest BCUT2D eigenvalue weighted by Crippen LogP contribution is -2.17. The molecule has 0 heterocycles. The number of aromatic hydroxyl groups is 1. The average Bonchev–Trinajstić information content (AvgIpc) is 2.16. The third kappa shape index (κ3) is 3.76. The second-order valence-corrected chi connectivity index (χ2v) is 7.33. The van der Waals surface area contributed by atoms with Crippen molar-refractivity contribution in [1.29, 1.82) is 0 Å². The van der Waals surface area contributed by atoms with Crippen LogP contribution in [0, 0.1) is 0 Å². The zero-order chi connectivity index (χ0) is 15.0. The molecule has 0 atom stereocenters. The van der Waals surface area contributed by atoms with Gasteiger partial charge in [-0.3, -0.25) is 0 Å². The maximum absolute atomic E-state index is 10.6. The van der Waals surface area contributed by atoms with Gasteiger partial charge in [0, 0.05) is 22.5 Å². The summed E-state index contributed by atoms with van der Waals surface area (Å²) < 4.78 is 0. The molecule has 0 unspecified atom stereocenters. The third-order valence-corrected chi connectivity index (χ3v) is 3.08. The molecule has 2 nitrogen and oxygen atoms in total. The van der Waals surface area contributed by atoms with E-state index in [1.165, 1.54) is 0 Å². The van der Waals surface area contributed by atoms with Crippen molar-refractivity contribution in [3.05, 3.63) is 35.5 Å². The maximum atomic E-state index is 10.6. The number of hydrogen-bond donors (Lipinski definition) is 2. The Bertz CT molecular complexity index is 452. The van der Waals surface area contributed by atoms with Crippen LogP contribution in [-0.4, -0.2) is 5.11 Å². The standard InChI is InChI=1S/C17H27NO/c1-11(2)18-12-9-13(16(3,4)5)15(19)14(10-12)17(6,7)8/h9-10,18-19H,1H2,2-8H3. The Kier molecular flexibility index (Phi) is 4.04. The third-order valence-electron chi connectivity index (χ3n) is 3.08. The first-order valence-electron chi connectivity index (χ1n) is 6.73. The van der Waals surface area contributed by atoms with Gasteiger partial charge in [0.1, 0.15) is 5.75 Å². The van der Waals surface area contributed by atoms with Crippen molar-refractivity contribution in [2.75, 3.05) is 5.32 Å². The van der Waals surface area contributed by atoms with E-state index in [0.29, 0.717) is 5.75 Å². The zero-order valence-electron chi connectivity index (χ0n) is 13.3. The molecular weight excluding hydrogens is 234 g/mol. The number of phenols is 1. The van der Waals surface area contributed by atoms with Gasteiger partial charge in [0.25, 0.3) is 0 Å². The lowest BCUT2D eigenvalue weighted by atomic mass is 9.79. The number of rotatable bonds is 2. The van der Waals surface area contributed by atoms with Gasteiger partial charge in [-0.1, -0.05) is 48.1 Å². The molecule has 0 saturated carbocycles. The lowest BCUT2D eigenvalue weighted by molar-refractivity contribution is 0.423. The van der Waals surface area contributed by atoms with Gasteiger partial charge in [-0.25, -0.2) is 0 Å². The molecular formula is C17H27NO. The van der Waals surface area contributed by atoms with Gasteiger partial charge in [0.15, 0.2) is 0 Å². The van der Waals surface area contributed by atoms with Crippen LogP contribution in [-0.2, 0) is 10.8 Å². The van der Waals surface area contributed by atoms with E-state index in [2.05, 4.69) is 53.4 Å². The quantitative estimate of drug-likeness (QED) is 0.740. The van der Waals surface area contributed by atoms with Gasteiger partial charge < -0.3 is 10.4 Å². The molecule has 1 aromatic rings. The van der Waals surface area contributed by atoms with Gasteiger partial charge in [0.2, 0.25) is 0 Å². The van der Waals surface area contributed by atoms with Gasteiger partial charge in [-0.05, 0) is 29.9 Å². The molecule has 0 saturated heterocycles. The van der Waals surface area contributed by atoms with Crippen LogP contribution in [0.3, 0.4) is 0 Å². The van der Waals surface area contributed by atoms with E-state index in [1.54, 1.807) is 0 Å². The molecule has 2 heteroatoms. The van der Waals surface area contributed by atoms with E-state index < -0.39 is 0 Å². The molecule has 0 aromatic heterocycles. The molecule has 0 radical (unpaired) electrons. The van der Waals surface area contributed by atoms with Crippen molar-refractivity contribution in [2.24, 2.45) is 0 Å². The smallest absolute Gasteiger partial charge is 0.123 e. The predicted molar refractivity (Wildman–Crippen MR) is 83.9 cm³/mol. The van der Waals surface area contributed by atoms with E-state index in [9.17, 15) is 5.11 Å². The summed E-state index contributed by atoms with van der Waals surface area (Å²) in [5, 5.41) is 13.8. The predicted octanol–water partition coefficient (Wildman–Crippen LogP) is 4.93. The van der Waals surface area contributed by atoms with Crippen molar-refractivity contribution in [3.8, 4) is 5.75 Å². The van der Waals surface area contributed by atoms with Crippen molar-refractivity contribution in [3.63, 3.8) is 0 Å². The molecule has 0 amide bonds. The van der Waals surface area contributed by atoms with E-state index in [-0.39, 0.29) is 10.8 Å². The van der Waals surface area contributed by atoms with Gasteiger partial charge >= 0.3 is 0 Å². The zero-order valence-corrected chi connectivity index (χ0v) is 13.3. The van der Waals surface area contributed by atoms with Crippen molar-refractivity contribution in [1.82, 2.24) is 0 Å². The van der Waals surface area contributed by atoms with E-state index >= 15 is 0 Å². The maximum Gasteiger partial charge on any atom is 0.123 e.